The van der Waals surface area contributed by atoms with Crippen molar-refractivity contribution in [3.8, 4) is 0 Å². The molecule has 0 aromatic heterocycles. The molecule has 0 aliphatic carbocycles. The maximum absolute atomic E-state index is 13.0. The highest BCUT2D eigenvalue weighted by Gasteiger charge is 2.10. The molecule has 0 saturated carbocycles. The molecule has 104 valence electrons. The van der Waals surface area contributed by atoms with Crippen molar-refractivity contribution in [2.24, 2.45) is 0 Å². The predicted molar refractivity (Wildman–Crippen MR) is 73.8 cm³/mol. The highest BCUT2D eigenvalue weighted by atomic mass is 35.7. The monoisotopic (exact) mass is 313 g/mol. The van der Waals surface area contributed by atoms with Gasteiger partial charge in [0.25, 0.3) is 15.0 Å². The number of halogens is 2. The summed E-state index contributed by atoms with van der Waals surface area (Å²) in [7, 11) is 1.38. The third-order valence-electron chi connectivity index (χ3n) is 2.48. The van der Waals surface area contributed by atoms with Crippen molar-refractivity contribution in [3.63, 3.8) is 0 Å². The molecule has 2 rings (SSSR count). The van der Waals surface area contributed by atoms with Crippen LogP contribution in [-0.2, 0) is 9.05 Å². The van der Waals surface area contributed by atoms with Crippen molar-refractivity contribution in [1.29, 1.82) is 0 Å². The van der Waals surface area contributed by atoms with Crippen molar-refractivity contribution in [3.05, 3.63) is 59.9 Å². The number of carbonyl (C=O) groups excluding carboxylic acids is 1. The van der Waals surface area contributed by atoms with Gasteiger partial charge in [-0.25, -0.2) is 12.8 Å². The first-order valence-corrected chi connectivity index (χ1v) is 7.79. The molecular formula is C13H9ClFNO3S. The topological polar surface area (TPSA) is 63.2 Å². The molecular weight excluding hydrogens is 305 g/mol. The van der Waals surface area contributed by atoms with E-state index in [1.165, 1.54) is 42.5 Å². The molecule has 4 nitrogen and oxygen atoms in total. The summed E-state index contributed by atoms with van der Waals surface area (Å²) in [5, 5.41) is 2.52. The number of nitrogens with one attached hydrogen (secondary N) is 1. The average Bonchev–Trinajstić information content (AvgIpc) is 2.38. The molecule has 0 unspecified atom stereocenters. The van der Waals surface area contributed by atoms with E-state index in [1.54, 1.807) is 0 Å². The summed E-state index contributed by atoms with van der Waals surface area (Å²) < 4.78 is 35.1. The fraction of sp³-hybridized carbons (Fsp3) is 0. The minimum absolute atomic E-state index is 0.0667. The van der Waals surface area contributed by atoms with Gasteiger partial charge in [0.1, 0.15) is 5.82 Å². The van der Waals surface area contributed by atoms with Gasteiger partial charge in [0.05, 0.1) is 4.90 Å². The molecule has 2 aromatic rings. The second kappa shape index (κ2) is 5.60. The van der Waals surface area contributed by atoms with Gasteiger partial charge in [-0.1, -0.05) is 6.07 Å². The quantitative estimate of drug-likeness (QED) is 0.886. The lowest BCUT2D eigenvalue weighted by molar-refractivity contribution is 0.102. The summed E-state index contributed by atoms with van der Waals surface area (Å²) in [5.74, 6) is -1.01. The van der Waals surface area contributed by atoms with Crippen molar-refractivity contribution < 1.29 is 17.6 Å². The van der Waals surface area contributed by atoms with E-state index in [2.05, 4.69) is 5.32 Å². The van der Waals surface area contributed by atoms with Crippen LogP contribution in [0.3, 0.4) is 0 Å². The van der Waals surface area contributed by atoms with E-state index in [1.807, 2.05) is 0 Å². The minimum atomic E-state index is -3.80. The third-order valence-corrected chi connectivity index (χ3v) is 3.85. The number of rotatable bonds is 3. The van der Waals surface area contributed by atoms with Gasteiger partial charge in [-0.15, -0.1) is 0 Å². The Labute approximate surface area is 119 Å². The maximum atomic E-state index is 13.0. The van der Waals surface area contributed by atoms with Gasteiger partial charge in [0, 0.05) is 21.9 Å². The Morgan fingerprint density at radius 2 is 1.75 bits per heavy atom. The predicted octanol–water partition coefficient (Wildman–Crippen LogP) is 3.01. The van der Waals surface area contributed by atoms with Crippen LogP contribution in [-0.4, -0.2) is 14.3 Å². The lowest BCUT2D eigenvalue weighted by Crippen LogP contribution is -2.12. The minimum Gasteiger partial charge on any atom is -0.322 e. The lowest BCUT2D eigenvalue weighted by atomic mass is 10.2. The molecule has 0 fully saturated rings. The number of benzene rings is 2. The van der Waals surface area contributed by atoms with Crippen LogP contribution in [0.25, 0.3) is 0 Å². The number of anilines is 1. The van der Waals surface area contributed by atoms with Gasteiger partial charge in [-0.2, -0.15) is 0 Å². The number of carbonyl (C=O) groups is 1. The summed E-state index contributed by atoms with van der Waals surface area (Å²) in [4.78, 5) is 11.8. The normalized spacial score (nSPS) is 11.1. The maximum Gasteiger partial charge on any atom is 0.261 e. The van der Waals surface area contributed by atoms with Gasteiger partial charge >= 0.3 is 0 Å². The lowest BCUT2D eigenvalue weighted by Gasteiger charge is -2.05. The van der Waals surface area contributed by atoms with Crippen molar-refractivity contribution in [2.75, 3.05) is 5.32 Å². The summed E-state index contributed by atoms with van der Waals surface area (Å²) in [6.45, 7) is 0. The first-order chi connectivity index (χ1) is 9.36. The molecule has 1 amide bonds. The van der Waals surface area contributed by atoms with Gasteiger partial charge < -0.3 is 5.32 Å². The zero-order valence-electron chi connectivity index (χ0n) is 10.0. The van der Waals surface area contributed by atoms with E-state index >= 15 is 0 Å². The summed E-state index contributed by atoms with van der Waals surface area (Å²) >= 11 is 0. The number of hydrogen-bond donors (Lipinski definition) is 1. The van der Waals surface area contributed by atoms with Gasteiger partial charge in [0.15, 0.2) is 0 Å². The van der Waals surface area contributed by atoms with Gasteiger partial charge in [-0.05, 0) is 42.5 Å². The van der Waals surface area contributed by atoms with Gasteiger partial charge in [-0.3, -0.25) is 4.79 Å². The zero-order valence-corrected chi connectivity index (χ0v) is 11.6. The van der Waals surface area contributed by atoms with Crippen LogP contribution in [0.15, 0.2) is 53.4 Å². The van der Waals surface area contributed by atoms with Crippen LogP contribution in [0, 0.1) is 5.82 Å². The first kappa shape index (κ1) is 14.5. The first-order valence-electron chi connectivity index (χ1n) is 5.48. The molecule has 1 N–H and O–H groups in total. The zero-order chi connectivity index (χ0) is 14.8. The second-order valence-electron chi connectivity index (χ2n) is 3.93. The molecule has 2 aromatic carbocycles. The van der Waals surface area contributed by atoms with E-state index in [-0.39, 0.29) is 10.5 Å². The Morgan fingerprint density at radius 1 is 1.10 bits per heavy atom. The molecule has 0 heterocycles. The highest BCUT2D eigenvalue weighted by molar-refractivity contribution is 8.13. The molecule has 0 aliphatic rings. The molecule has 0 radical (unpaired) electrons. The summed E-state index contributed by atoms with van der Waals surface area (Å²) in [5.41, 5.74) is 0.544. The molecule has 0 spiro atoms. The highest BCUT2D eigenvalue weighted by Crippen LogP contribution is 2.18. The number of hydrogen-bond acceptors (Lipinski definition) is 3. The molecule has 7 heteroatoms. The van der Waals surface area contributed by atoms with Crippen LogP contribution >= 0.6 is 10.7 Å². The molecule has 0 saturated heterocycles. The Hall–Kier alpha value is -1.92. The molecule has 0 aliphatic heterocycles. The van der Waals surface area contributed by atoms with E-state index in [0.29, 0.717) is 5.69 Å². The van der Waals surface area contributed by atoms with Crippen LogP contribution in [0.5, 0.6) is 0 Å². The fourth-order valence-corrected chi connectivity index (χ4v) is 2.30. The standard InChI is InChI=1S/C13H9ClFNO3S/c14-20(18,19)12-6-4-11(5-7-12)16-13(17)9-2-1-3-10(15)8-9/h1-8H,(H,16,17). The van der Waals surface area contributed by atoms with Crippen LogP contribution in [0.4, 0.5) is 10.1 Å². The Morgan fingerprint density at radius 3 is 2.30 bits per heavy atom. The van der Waals surface area contributed by atoms with Crippen LogP contribution in [0.2, 0.25) is 0 Å². The number of amides is 1. The molecule has 0 bridgehead atoms. The fourth-order valence-electron chi connectivity index (χ4n) is 1.53. The van der Waals surface area contributed by atoms with E-state index in [9.17, 15) is 17.6 Å². The van der Waals surface area contributed by atoms with Crippen LogP contribution < -0.4 is 5.32 Å². The average molecular weight is 314 g/mol. The van der Waals surface area contributed by atoms with Crippen molar-refractivity contribution in [1.82, 2.24) is 0 Å². The summed E-state index contributed by atoms with van der Waals surface area (Å²) in [6, 6.07) is 10.6. The van der Waals surface area contributed by atoms with Crippen molar-refractivity contribution >= 4 is 31.3 Å². The second-order valence-corrected chi connectivity index (χ2v) is 6.49. The summed E-state index contributed by atoms with van der Waals surface area (Å²) in [6.07, 6.45) is 0. The smallest absolute Gasteiger partial charge is 0.261 e. The Bertz CT molecular complexity index is 744. The van der Waals surface area contributed by atoms with E-state index in [4.69, 9.17) is 10.7 Å². The Kier molecular flexibility index (Phi) is 4.06. The third kappa shape index (κ3) is 3.55. The van der Waals surface area contributed by atoms with E-state index in [0.717, 1.165) is 6.07 Å². The van der Waals surface area contributed by atoms with Crippen molar-refractivity contribution in [2.45, 2.75) is 4.90 Å². The SMILES string of the molecule is O=C(Nc1ccc(S(=O)(=O)Cl)cc1)c1cccc(F)c1. The van der Waals surface area contributed by atoms with Gasteiger partial charge in [0.2, 0.25) is 0 Å². The molecule has 0 atom stereocenters. The van der Waals surface area contributed by atoms with E-state index < -0.39 is 20.8 Å². The largest absolute Gasteiger partial charge is 0.322 e. The van der Waals surface area contributed by atoms with Crippen LogP contribution in [0.1, 0.15) is 10.4 Å². The Balaban J connectivity index is 2.16. The molecule has 20 heavy (non-hydrogen) atoms.